The first-order valence-corrected chi connectivity index (χ1v) is 11.7. The van der Waals surface area contributed by atoms with E-state index in [4.69, 9.17) is 52.6 Å². The smallest absolute Gasteiger partial charge is 0.243 e. The summed E-state index contributed by atoms with van der Waals surface area (Å²) in [6, 6.07) is 0. The second-order valence-corrected chi connectivity index (χ2v) is 7.19. The van der Waals surface area contributed by atoms with Crippen LogP contribution in [0.1, 0.15) is 0 Å². The number of halogens is 2. The number of amides is 3. The van der Waals surface area contributed by atoms with Crippen molar-refractivity contribution >= 4 is 40.9 Å². The van der Waals surface area contributed by atoms with Crippen LogP contribution in [-0.2, 0) is 38.1 Å². The summed E-state index contributed by atoms with van der Waals surface area (Å²) in [7, 11) is 0. The number of carbonyl (C=O) groups is 3. The summed E-state index contributed by atoms with van der Waals surface area (Å²) in [6.07, 6.45) is -1.55. The van der Waals surface area contributed by atoms with Crippen LogP contribution < -0.4 is 21.7 Å². The van der Waals surface area contributed by atoms with Crippen molar-refractivity contribution in [1.82, 2.24) is 16.0 Å². The molecule has 0 radical (unpaired) electrons. The molecule has 1 atom stereocenters. The minimum atomic E-state index is -0.973. The van der Waals surface area contributed by atoms with Crippen molar-refractivity contribution in [1.29, 1.82) is 0 Å². The van der Waals surface area contributed by atoms with Gasteiger partial charge in [0.05, 0.1) is 59.0 Å². The van der Waals surface area contributed by atoms with Crippen molar-refractivity contribution in [2.24, 2.45) is 5.73 Å². The van der Waals surface area contributed by atoms with Crippen LogP contribution in [0.5, 0.6) is 0 Å². The van der Waals surface area contributed by atoms with Gasteiger partial charge in [-0.05, 0) is 0 Å². The summed E-state index contributed by atoms with van der Waals surface area (Å²) in [5.74, 6) is -1.67. The molecule has 13 nitrogen and oxygen atoms in total. The number of aliphatic hydroxyl groups excluding tert-OH is 1. The Balaban J connectivity index is 3.69. The predicted molar refractivity (Wildman–Crippen MR) is 124 cm³/mol. The Morgan fingerprint density at radius 3 is 1.74 bits per heavy atom. The Morgan fingerprint density at radius 2 is 1.26 bits per heavy atom. The second-order valence-electron chi connectivity index (χ2n) is 6.66. The molecule has 0 aliphatic heterocycles. The van der Waals surface area contributed by atoms with Gasteiger partial charge in [0.15, 0.2) is 0 Å². The van der Waals surface area contributed by atoms with Crippen molar-refractivity contribution in [3.05, 3.63) is 0 Å². The fourth-order valence-electron chi connectivity index (χ4n) is 2.16. The number of nitrogens with one attached hydrogen (secondary N) is 3. The minimum absolute atomic E-state index is 0.0746. The molecule has 0 aromatic rings. The number of aliphatic hydroxyl groups is 1. The Bertz CT molecular complexity index is 530. The highest BCUT2D eigenvalue weighted by Crippen LogP contribution is 1.93. The Morgan fingerprint density at radius 1 is 0.794 bits per heavy atom. The van der Waals surface area contributed by atoms with Gasteiger partial charge >= 0.3 is 0 Å². The Hall–Kier alpha value is -1.29. The number of primary amides is 1. The van der Waals surface area contributed by atoms with E-state index in [1.165, 1.54) is 0 Å². The Kier molecular flexibility index (Phi) is 22.6. The van der Waals surface area contributed by atoms with Crippen LogP contribution in [0.4, 0.5) is 0 Å². The predicted octanol–water partition coefficient (Wildman–Crippen LogP) is -2.46. The monoisotopic (exact) mass is 534 g/mol. The average Bonchev–Trinajstić information content (AvgIpc) is 2.82. The maximum Gasteiger partial charge on any atom is 0.243 e. The average molecular weight is 535 g/mol. The molecule has 0 heterocycles. The quantitative estimate of drug-likeness (QED) is 0.0506. The lowest BCUT2D eigenvalue weighted by Crippen LogP contribution is -2.44. The molecular weight excluding hydrogens is 499 g/mol. The standard InChI is InChI=1S/C19H36Cl2N4O9/c20-9-17(27)24-11-15(12-25-18(28)10-21)34-14-19(29)23-1-2-30-3-4-31-5-6-32-7-8-33-13-16(22)26/h15,19,23,29H,1-14H2,(H2,22,26)(H,24,27)(H,25,28). The van der Waals surface area contributed by atoms with Gasteiger partial charge < -0.3 is 45.2 Å². The zero-order chi connectivity index (χ0) is 25.4. The van der Waals surface area contributed by atoms with Crippen LogP contribution in [0.25, 0.3) is 0 Å². The summed E-state index contributed by atoms with van der Waals surface area (Å²) in [6.45, 7) is 2.90. The summed E-state index contributed by atoms with van der Waals surface area (Å²) < 4.78 is 26.4. The van der Waals surface area contributed by atoms with Gasteiger partial charge in [-0.25, -0.2) is 0 Å². The zero-order valence-electron chi connectivity index (χ0n) is 19.1. The molecule has 3 amide bonds. The van der Waals surface area contributed by atoms with Gasteiger partial charge in [0.2, 0.25) is 17.7 Å². The highest BCUT2D eigenvalue weighted by atomic mass is 35.5. The second kappa shape index (κ2) is 23.5. The molecule has 0 aliphatic rings. The molecule has 0 saturated heterocycles. The van der Waals surface area contributed by atoms with Crippen molar-refractivity contribution in [2.45, 2.75) is 12.3 Å². The molecule has 34 heavy (non-hydrogen) atoms. The maximum atomic E-state index is 11.3. The number of rotatable bonds is 24. The first kappa shape index (κ1) is 32.7. The van der Waals surface area contributed by atoms with Gasteiger partial charge in [0.1, 0.15) is 24.6 Å². The summed E-state index contributed by atoms with van der Waals surface area (Å²) >= 11 is 10.9. The molecule has 6 N–H and O–H groups in total. The lowest BCUT2D eigenvalue weighted by atomic mass is 10.3. The van der Waals surface area contributed by atoms with Crippen molar-refractivity contribution in [3.8, 4) is 0 Å². The summed E-state index contributed by atoms with van der Waals surface area (Å²) in [5.41, 5.74) is 4.93. The third-order valence-electron chi connectivity index (χ3n) is 3.77. The minimum Gasteiger partial charge on any atom is -0.378 e. The van der Waals surface area contributed by atoms with Crippen molar-refractivity contribution in [2.75, 3.05) is 90.9 Å². The van der Waals surface area contributed by atoms with Crippen molar-refractivity contribution < 1.29 is 43.2 Å². The number of carbonyl (C=O) groups excluding carboxylic acids is 3. The zero-order valence-corrected chi connectivity index (χ0v) is 20.6. The first-order chi connectivity index (χ1) is 16.4. The number of nitrogens with two attached hydrogens (primary N) is 1. The topological polar surface area (TPSA) is 180 Å². The lowest BCUT2D eigenvalue weighted by molar-refractivity contribution is -0.123. The fourth-order valence-corrected chi connectivity index (χ4v) is 2.35. The molecule has 0 aromatic carbocycles. The van der Waals surface area contributed by atoms with Crippen LogP contribution >= 0.6 is 23.2 Å². The molecule has 0 spiro atoms. The van der Waals surface area contributed by atoms with Crippen molar-refractivity contribution in [3.63, 3.8) is 0 Å². The largest absolute Gasteiger partial charge is 0.378 e. The molecule has 200 valence electrons. The van der Waals surface area contributed by atoms with E-state index >= 15 is 0 Å². The van der Waals surface area contributed by atoms with Crippen LogP contribution in [0.2, 0.25) is 0 Å². The molecular formula is C19H36Cl2N4O9. The van der Waals surface area contributed by atoms with Gasteiger partial charge in [-0.1, -0.05) is 0 Å². The summed E-state index contributed by atoms with van der Waals surface area (Å²) in [4.78, 5) is 33.1. The molecule has 0 saturated carbocycles. The number of hydrogen-bond donors (Lipinski definition) is 5. The number of alkyl halides is 2. The normalized spacial score (nSPS) is 12.0. The number of ether oxygens (including phenoxy) is 5. The van der Waals surface area contributed by atoms with E-state index in [1.54, 1.807) is 0 Å². The first-order valence-electron chi connectivity index (χ1n) is 10.7. The summed E-state index contributed by atoms with van der Waals surface area (Å²) in [5, 5.41) is 17.9. The molecule has 15 heteroatoms. The molecule has 0 aliphatic carbocycles. The molecule has 1 unspecified atom stereocenters. The van der Waals surface area contributed by atoms with Crippen LogP contribution in [0.3, 0.4) is 0 Å². The highest BCUT2D eigenvalue weighted by Gasteiger charge is 2.14. The van der Waals surface area contributed by atoms with E-state index in [2.05, 4.69) is 16.0 Å². The Labute approximate surface area is 209 Å². The van der Waals surface area contributed by atoms with Gasteiger partial charge in [0.25, 0.3) is 0 Å². The fraction of sp³-hybridized carbons (Fsp3) is 0.842. The number of hydrogen-bond acceptors (Lipinski definition) is 10. The molecule has 0 aromatic heterocycles. The SMILES string of the molecule is NC(=O)COCCOCCOCCOCCNC(O)COC(CNC(=O)CCl)CNC(=O)CCl. The van der Waals surface area contributed by atoms with Crippen LogP contribution in [0.15, 0.2) is 0 Å². The maximum absolute atomic E-state index is 11.3. The van der Waals surface area contributed by atoms with Crippen LogP contribution in [-0.4, -0.2) is 126 Å². The van der Waals surface area contributed by atoms with E-state index < -0.39 is 18.2 Å². The molecule has 0 bridgehead atoms. The third kappa shape index (κ3) is 22.5. The van der Waals surface area contributed by atoms with Gasteiger partial charge in [-0.3, -0.25) is 19.7 Å². The third-order valence-corrected chi connectivity index (χ3v) is 4.26. The molecule has 0 rings (SSSR count). The van der Waals surface area contributed by atoms with E-state index in [-0.39, 0.29) is 56.5 Å². The van der Waals surface area contributed by atoms with E-state index in [0.717, 1.165) is 0 Å². The van der Waals surface area contributed by atoms with E-state index in [1.807, 2.05) is 0 Å². The van der Waals surface area contributed by atoms with E-state index in [0.29, 0.717) is 46.2 Å². The molecule has 0 fully saturated rings. The van der Waals surface area contributed by atoms with Gasteiger partial charge in [-0.2, -0.15) is 0 Å². The van der Waals surface area contributed by atoms with Gasteiger partial charge in [-0.15, -0.1) is 23.2 Å². The van der Waals surface area contributed by atoms with Gasteiger partial charge in [0, 0.05) is 19.6 Å². The van der Waals surface area contributed by atoms with Crippen LogP contribution in [0, 0.1) is 0 Å². The highest BCUT2D eigenvalue weighted by molar-refractivity contribution is 6.27. The lowest BCUT2D eigenvalue weighted by Gasteiger charge is -2.21. The van der Waals surface area contributed by atoms with E-state index in [9.17, 15) is 19.5 Å².